The van der Waals surface area contributed by atoms with Crippen LogP contribution in [0.5, 0.6) is 0 Å². The number of nitrogens with zero attached hydrogens (tertiary/aromatic N) is 2. The van der Waals surface area contributed by atoms with Gasteiger partial charge in [0.2, 0.25) is 0 Å². The number of benzene rings is 2. The van der Waals surface area contributed by atoms with Gasteiger partial charge in [-0.25, -0.2) is 4.98 Å². The lowest BCUT2D eigenvalue weighted by Crippen LogP contribution is -2.37. The molecule has 0 spiro atoms. The molecule has 4 rings (SSSR count). The van der Waals surface area contributed by atoms with Crippen LogP contribution in [0.1, 0.15) is 28.8 Å². The third-order valence-corrected chi connectivity index (χ3v) is 5.67. The van der Waals surface area contributed by atoms with Crippen LogP contribution >= 0.6 is 11.3 Å². The number of halogens is 3. The first-order chi connectivity index (χ1) is 13.4. The topological polar surface area (TPSA) is 42.4 Å². The molecule has 0 radical (unpaired) electrons. The molecular formula is C20H17F3N2O2S. The second kappa shape index (κ2) is 7.52. The van der Waals surface area contributed by atoms with Gasteiger partial charge < -0.3 is 4.74 Å². The van der Waals surface area contributed by atoms with Crippen LogP contribution in [0.15, 0.2) is 48.5 Å². The number of hydrogen-bond donors (Lipinski definition) is 0. The summed E-state index contributed by atoms with van der Waals surface area (Å²) in [6.07, 6.45) is -2.96. The van der Waals surface area contributed by atoms with Gasteiger partial charge in [-0.2, -0.15) is 13.2 Å². The predicted molar refractivity (Wildman–Crippen MR) is 102 cm³/mol. The number of amides is 1. The van der Waals surface area contributed by atoms with Crippen LogP contribution in [0.3, 0.4) is 0 Å². The van der Waals surface area contributed by atoms with Crippen molar-refractivity contribution >= 4 is 32.6 Å². The van der Waals surface area contributed by atoms with Crippen molar-refractivity contribution in [2.24, 2.45) is 0 Å². The molecule has 3 aromatic rings. The lowest BCUT2D eigenvalue weighted by molar-refractivity contribution is -0.137. The van der Waals surface area contributed by atoms with Crippen LogP contribution in [0.2, 0.25) is 0 Å². The summed E-state index contributed by atoms with van der Waals surface area (Å²) < 4.78 is 45.8. The molecule has 0 N–H and O–H groups in total. The van der Waals surface area contributed by atoms with Gasteiger partial charge in [-0.15, -0.1) is 0 Å². The zero-order valence-electron chi connectivity index (χ0n) is 14.8. The van der Waals surface area contributed by atoms with E-state index in [2.05, 4.69) is 4.98 Å². The number of anilines is 1. The number of thiazole rings is 1. The summed E-state index contributed by atoms with van der Waals surface area (Å²) >= 11 is 1.34. The first-order valence-corrected chi connectivity index (χ1v) is 9.70. The molecule has 0 saturated carbocycles. The molecule has 8 heteroatoms. The molecule has 0 bridgehead atoms. The number of ether oxygens (including phenoxy) is 1. The van der Waals surface area contributed by atoms with E-state index in [-0.39, 0.29) is 18.2 Å². The van der Waals surface area contributed by atoms with Gasteiger partial charge in [0.25, 0.3) is 5.91 Å². The summed E-state index contributed by atoms with van der Waals surface area (Å²) in [4.78, 5) is 19.1. The second-order valence-electron chi connectivity index (χ2n) is 6.59. The number of hydrogen-bond acceptors (Lipinski definition) is 4. The summed E-state index contributed by atoms with van der Waals surface area (Å²) in [5.74, 6) is -0.513. The predicted octanol–water partition coefficient (Wildman–Crippen LogP) is 5.14. The maximum Gasteiger partial charge on any atom is 0.416 e. The van der Waals surface area contributed by atoms with Crippen molar-refractivity contribution in [2.45, 2.75) is 25.1 Å². The molecule has 0 aliphatic carbocycles. The summed E-state index contributed by atoms with van der Waals surface area (Å²) in [7, 11) is 0. The lowest BCUT2D eigenvalue weighted by Gasteiger charge is -2.23. The third-order valence-electron chi connectivity index (χ3n) is 4.61. The van der Waals surface area contributed by atoms with E-state index in [9.17, 15) is 18.0 Å². The monoisotopic (exact) mass is 406 g/mol. The van der Waals surface area contributed by atoms with E-state index in [1.807, 2.05) is 24.3 Å². The average molecular weight is 406 g/mol. The number of carbonyl (C=O) groups is 1. The summed E-state index contributed by atoms with van der Waals surface area (Å²) in [6.45, 7) is 0.880. The Balaban J connectivity index is 1.71. The first-order valence-electron chi connectivity index (χ1n) is 8.88. The highest BCUT2D eigenvalue weighted by molar-refractivity contribution is 7.22. The van der Waals surface area contributed by atoms with Crippen molar-refractivity contribution in [2.75, 3.05) is 18.1 Å². The van der Waals surface area contributed by atoms with Gasteiger partial charge in [-0.05, 0) is 43.2 Å². The number of alkyl halides is 3. The van der Waals surface area contributed by atoms with E-state index in [1.54, 1.807) is 0 Å². The van der Waals surface area contributed by atoms with Crippen LogP contribution in [0.25, 0.3) is 10.2 Å². The molecule has 1 amide bonds. The summed E-state index contributed by atoms with van der Waals surface area (Å²) in [5, 5.41) is 0.458. The third kappa shape index (κ3) is 3.88. The molecule has 1 fully saturated rings. The summed E-state index contributed by atoms with van der Waals surface area (Å²) in [5.41, 5.74) is -0.122. The van der Waals surface area contributed by atoms with Crippen molar-refractivity contribution in [1.82, 2.24) is 4.98 Å². The Morgan fingerprint density at radius 1 is 1.21 bits per heavy atom. The van der Waals surface area contributed by atoms with Gasteiger partial charge in [0.15, 0.2) is 5.13 Å². The molecule has 1 atom stereocenters. The molecule has 2 heterocycles. The second-order valence-corrected chi connectivity index (χ2v) is 7.60. The molecular weight excluding hydrogens is 389 g/mol. The zero-order valence-corrected chi connectivity index (χ0v) is 15.6. The molecule has 28 heavy (non-hydrogen) atoms. The van der Waals surface area contributed by atoms with Crippen molar-refractivity contribution in [3.05, 3.63) is 59.7 Å². The van der Waals surface area contributed by atoms with Crippen LogP contribution in [-0.2, 0) is 10.9 Å². The maximum atomic E-state index is 13.2. The van der Waals surface area contributed by atoms with Crippen LogP contribution in [0, 0.1) is 0 Å². The van der Waals surface area contributed by atoms with Gasteiger partial charge in [0, 0.05) is 12.2 Å². The van der Waals surface area contributed by atoms with Gasteiger partial charge >= 0.3 is 6.18 Å². The smallest absolute Gasteiger partial charge is 0.376 e. The fraction of sp³-hybridized carbons (Fsp3) is 0.300. The molecule has 1 unspecified atom stereocenters. The van der Waals surface area contributed by atoms with E-state index in [0.29, 0.717) is 11.7 Å². The standard InChI is InChI=1S/C20H17F3N2O2S/c21-20(22,23)14-6-3-5-13(11-14)18(26)25(12-15-7-4-10-27-15)19-24-16-8-1-2-9-17(16)28-19/h1-3,5-6,8-9,11,15H,4,7,10,12H2. The van der Waals surface area contributed by atoms with E-state index in [0.717, 1.165) is 35.2 Å². The van der Waals surface area contributed by atoms with Gasteiger partial charge in [-0.3, -0.25) is 9.69 Å². The number of rotatable bonds is 4. The van der Waals surface area contributed by atoms with Gasteiger partial charge in [0.1, 0.15) is 0 Å². The largest absolute Gasteiger partial charge is 0.416 e. The minimum absolute atomic E-state index is 0.0212. The SMILES string of the molecule is O=C(c1cccc(C(F)(F)F)c1)N(CC1CCCO1)c1nc2ccccc2s1. The average Bonchev–Trinajstić information content (AvgIpc) is 3.34. The van der Waals surface area contributed by atoms with E-state index in [1.165, 1.54) is 28.4 Å². The molecule has 1 aliphatic heterocycles. The highest BCUT2D eigenvalue weighted by Gasteiger charge is 2.32. The fourth-order valence-electron chi connectivity index (χ4n) is 3.20. The van der Waals surface area contributed by atoms with Crippen molar-refractivity contribution in [3.8, 4) is 0 Å². The quantitative estimate of drug-likeness (QED) is 0.602. The molecule has 2 aromatic carbocycles. The normalized spacial score (nSPS) is 17.2. The zero-order chi connectivity index (χ0) is 19.7. The molecule has 4 nitrogen and oxygen atoms in total. The van der Waals surface area contributed by atoms with E-state index >= 15 is 0 Å². The Kier molecular flexibility index (Phi) is 5.07. The number of aromatic nitrogens is 1. The molecule has 1 aliphatic rings. The lowest BCUT2D eigenvalue weighted by atomic mass is 10.1. The highest BCUT2D eigenvalue weighted by atomic mass is 32.1. The maximum absolute atomic E-state index is 13.2. The van der Waals surface area contributed by atoms with Crippen molar-refractivity contribution < 1.29 is 22.7 Å². The highest BCUT2D eigenvalue weighted by Crippen LogP contribution is 2.33. The van der Waals surface area contributed by atoms with E-state index in [4.69, 9.17) is 4.74 Å². The minimum Gasteiger partial charge on any atom is -0.376 e. The Labute approximate surface area is 163 Å². The van der Waals surface area contributed by atoms with Crippen molar-refractivity contribution in [1.29, 1.82) is 0 Å². The number of fused-ring (bicyclic) bond motifs is 1. The van der Waals surface area contributed by atoms with E-state index < -0.39 is 17.6 Å². The van der Waals surface area contributed by atoms with Crippen LogP contribution in [-0.4, -0.2) is 30.1 Å². The van der Waals surface area contributed by atoms with Gasteiger partial charge in [-0.1, -0.05) is 29.5 Å². The fourth-order valence-corrected chi connectivity index (χ4v) is 4.17. The molecule has 1 aromatic heterocycles. The minimum atomic E-state index is -4.51. The molecule has 146 valence electrons. The Morgan fingerprint density at radius 2 is 2.04 bits per heavy atom. The Morgan fingerprint density at radius 3 is 2.75 bits per heavy atom. The van der Waals surface area contributed by atoms with Gasteiger partial charge in [0.05, 0.1) is 28.4 Å². The first kappa shape index (κ1) is 18.9. The Hall–Kier alpha value is -2.45. The number of para-hydroxylation sites is 1. The van der Waals surface area contributed by atoms with Crippen LogP contribution in [0.4, 0.5) is 18.3 Å². The summed E-state index contributed by atoms with van der Waals surface area (Å²) in [6, 6.07) is 12.0. The van der Waals surface area contributed by atoms with Crippen molar-refractivity contribution in [3.63, 3.8) is 0 Å². The number of carbonyl (C=O) groups excluding carboxylic acids is 1. The molecule has 1 saturated heterocycles. The van der Waals surface area contributed by atoms with Crippen LogP contribution < -0.4 is 4.90 Å². The Bertz CT molecular complexity index is 963.